The molecule has 0 bridgehead atoms. The second-order valence-corrected chi connectivity index (χ2v) is 5.11. The van der Waals surface area contributed by atoms with Gasteiger partial charge in [0.25, 0.3) is 5.69 Å². The van der Waals surface area contributed by atoms with Crippen LogP contribution in [0.1, 0.15) is 11.1 Å². The Balaban J connectivity index is 2.22. The van der Waals surface area contributed by atoms with Crippen LogP contribution in [0.2, 0.25) is 0 Å². The summed E-state index contributed by atoms with van der Waals surface area (Å²) in [5, 5.41) is 14.2. The first kappa shape index (κ1) is 13.5. The summed E-state index contributed by atoms with van der Waals surface area (Å²) in [7, 11) is 0. The third kappa shape index (κ3) is 3.32. The molecular formula is C14H13BrN2O2. The Kier molecular flexibility index (Phi) is 4.16. The monoisotopic (exact) mass is 320 g/mol. The fraction of sp³-hybridized carbons (Fsp3) is 0.143. The van der Waals surface area contributed by atoms with Crippen LogP contribution in [0.3, 0.4) is 0 Å². The molecule has 0 aliphatic rings. The number of nitrogens with zero attached hydrogens (tertiary/aromatic N) is 1. The molecule has 0 saturated heterocycles. The van der Waals surface area contributed by atoms with Gasteiger partial charge in [-0.2, -0.15) is 0 Å². The maximum Gasteiger partial charge on any atom is 0.274 e. The van der Waals surface area contributed by atoms with Crippen molar-refractivity contribution in [3.8, 4) is 0 Å². The number of benzene rings is 2. The van der Waals surface area contributed by atoms with Crippen molar-refractivity contribution in [1.82, 2.24) is 0 Å². The Bertz CT molecular complexity index is 614. The summed E-state index contributed by atoms with van der Waals surface area (Å²) in [5.74, 6) is 0. The van der Waals surface area contributed by atoms with Crippen molar-refractivity contribution >= 4 is 27.3 Å². The van der Waals surface area contributed by atoms with Crippen LogP contribution in [0.4, 0.5) is 11.4 Å². The molecule has 0 unspecified atom stereocenters. The highest BCUT2D eigenvalue weighted by atomic mass is 79.9. The zero-order valence-electron chi connectivity index (χ0n) is 10.4. The van der Waals surface area contributed by atoms with Gasteiger partial charge in [0.2, 0.25) is 0 Å². The molecule has 2 rings (SSSR count). The first-order chi connectivity index (χ1) is 9.08. The van der Waals surface area contributed by atoms with Crippen molar-refractivity contribution in [2.75, 3.05) is 5.32 Å². The summed E-state index contributed by atoms with van der Waals surface area (Å²) in [6.45, 7) is 2.41. The molecule has 4 nitrogen and oxygen atoms in total. The van der Waals surface area contributed by atoms with Gasteiger partial charge in [-0.15, -0.1) is 0 Å². The first-order valence-electron chi connectivity index (χ1n) is 5.80. The zero-order valence-corrected chi connectivity index (χ0v) is 12.0. The van der Waals surface area contributed by atoms with Gasteiger partial charge in [-0.05, 0) is 30.7 Å². The van der Waals surface area contributed by atoms with E-state index in [4.69, 9.17) is 0 Å². The molecule has 0 aliphatic carbocycles. The number of para-hydroxylation sites is 1. The molecule has 0 atom stereocenters. The van der Waals surface area contributed by atoms with Crippen molar-refractivity contribution in [2.24, 2.45) is 0 Å². The van der Waals surface area contributed by atoms with E-state index in [9.17, 15) is 10.1 Å². The number of halogens is 1. The maximum atomic E-state index is 11.0. The van der Waals surface area contributed by atoms with Crippen molar-refractivity contribution < 1.29 is 4.92 Å². The number of aryl methyl sites for hydroxylation is 1. The third-order valence-corrected chi connectivity index (χ3v) is 3.35. The van der Waals surface area contributed by atoms with E-state index in [2.05, 4.69) is 21.2 Å². The van der Waals surface area contributed by atoms with E-state index in [1.165, 1.54) is 6.07 Å². The molecule has 19 heavy (non-hydrogen) atoms. The predicted molar refractivity (Wildman–Crippen MR) is 79.3 cm³/mol. The molecular weight excluding hydrogens is 308 g/mol. The highest BCUT2D eigenvalue weighted by molar-refractivity contribution is 9.10. The topological polar surface area (TPSA) is 55.2 Å². The largest absolute Gasteiger partial charge is 0.380 e. The van der Waals surface area contributed by atoms with E-state index in [0.29, 0.717) is 12.1 Å². The van der Waals surface area contributed by atoms with Crippen LogP contribution in [-0.2, 0) is 6.54 Å². The number of anilines is 1. The quantitative estimate of drug-likeness (QED) is 0.675. The summed E-state index contributed by atoms with van der Waals surface area (Å²) in [5.41, 5.74) is 2.88. The molecule has 0 amide bonds. The highest BCUT2D eigenvalue weighted by Crippen LogP contribution is 2.24. The fourth-order valence-corrected chi connectivity index (χ4v) is 2.24. The lowest BCUT2D eigenvalue weighted by Gasteiger charge is -2.10. The van der Waals surface area contributed by atoms with Crippen molar-refractivity contribution in [3.05, 3.63) is 68.2 Å². The van der Waals surface area contributed by atoms with Gasteiger partial charge >= 0.3 is 0 Å². The van der Waals surface area contributed by atoms with Gasteiger partial charge in [0.05, 0.1) is 4.92 Å². The summed E-state index contributed by atoms with van der Waals surface area (Å²) in [6, 6.07) is 12.8. The minimum atomic E-state index is -0.360. The first-order valence-corrected chi connectivity index (χ1v) is 6.59. The zero-order chi connectivity index (χ0) is 13.8. The molecule has 1 N–H and O–H groups in total. The smallest absolute Gasteiger partial charge is 0.274 e. The molecule has 0 spiro atoms. The minimum Gasteiger partial charge on any atom is -0.380 e. The number of hydrogen-bond acceptors (Lipinski definition) is 3. The molecule has 0 saturated carbocycles. The van der Waals surface area contributed by atoms with Gasteiger partial charge in [0.15, 0.2) is 0 Å². The van der Waals surface area contributed by atoms with Crippen LogP contribution in [0, 0.1) is 17.0 Å². The average molecular weight is 321 g/mol. The standard InChI is InChI=1S/C14H13BrN2O2/c1-10-4-2-3-5-13(10)16-9-11-8-12(15)6-7-14(11)17(18)19/h2-8,16H,9H2,1H3. The number of rotatable bonds is 4. The number of hydrogen-bond donors (Lipinski definition) is 1. The predicted octanol–water partition coefficient (Wildman–Crippen LogP) is 4.28. The number of nitro benzene ring substituents is 1. The SMILES string of the molecule is Cc1ccccc1NCc1cc(Br)ccc1[N+](=O)[O-]. The van der Waals surface area contributed by atoms with Gasteiger partial charge < -0.3 is 5.32 Å². The van der Waals surface area contributed by atoms with Gasteiger partial charge in [0, 0.05) is 28.3 Å². The second kappa shape index (κ2) is 5.84. The Hall–Kier alpha value is -1.88. The summed E-state index contributed by atoms with van der Waals surface area (Å²) < 4.78 is 0.833. The van der Waals surface area contributed by atoms with Crippen LogP contribution in [0.15, 0.2) is 46.9 Å². The highest BCUT2D eigenvalue weighted by Gasteiger charge is 2.13. The molecule has 0 fully saturated rings. The van der Waals surface area contributed by atoms with Crippen LogP contribution < -0.4 is 5.32 Å². The van der Waals surface area contributed by atoms with Gasteiger partial charge in [-0.3, -0.25) is 10.1 Å². The van der Waals surface area contributed by atoms with Crippen molar-refractivity contribution in [1.29, 1.82) is 0 Å². The lowest BCUT2D eigenvalue weighted by molar-refractivity contribution is -0.385. The Morgan fingerprint density at radius 1 is 1.26 bits per heavy atom. The van der Waals surface area contributed by atoms with E-state index in [1.54, 1.807) is 12.1 Å². The van der Waals surface area contributed by atoms with E-state index in [1.807, 2.05) is 31.2 Å². The molecule has 0 heterocycles. The molecule has 5 heteroatoms. The van der Waals surface area contributed by atoms with E-state index in [0.717, 1.165) is 15.7 Å². The van der Waals surface area contributed by atoms with E-state index in [-0.39, 0.29) is 10.6 Å². The average Bonchev–Trinajstić information content (AvgIpc) is 2.37. The Labute approximate surface area is 119 Å². The molecule has 0 radical (unpaired) electrons. The summed E-state index contributed by atoms with van der Waals surface area (Å²) in [6.07, 6.45) is 0. The minimum absolute atomic E-state index is 0.129. The normalized spacial score (nSPS) is 10.2. The molecule has 2 aromatic carbocycles. The van der Waals surface area contributed by atoms with Crippen LogP contribution in [0.25, 0.3) is 0 Å². The number of nitro groups is 1. The molecule has 0 aliphatic heterocycles. The van der Waals surface area contributed by atoms with Gasteiger partial charge in [0.1, 0.15) is 0 Å². The summed E-state index contributed by atoms with van der Waals surface area (Å²) in [4.78, 5) is 10.6. The van der Waals surface area contributed by atoms with Crippen LogP contribution in [-0.4, -0.2) is 4.92 Å². The fourth-order valence-electron chi connectivity index (χ4n) is 1.84. The van der Waals surface area contributed by atoms with Crippen LogP contribution >= 0.6 is 15.9 Å². The molecule has 2 aromatic rings. The molecule has 98 valence electrons. The van der Waals surface area contributed by atoms with E-state index >= 15 is 0 Å². The van der Waals surface area contributed by atoms with Crippen LogP contribution in [0.5, 0.6) is 0 Å². The van der Waals surface area contributed by atoms with Gasteiger partial charge in [-0.1, -0.05) is 34.1 Å². The second-order valence-electron chi connectivity index (χ2n) is 4.20. The summed E-state index contributed by atoms with van der Waals surface area (Å²) >= 11 is 3.34. The lowest BCUT2D eigenvalue weighted by atomic mass is 10.1. The van der Waals surface area contributed by atoms with Crippen molar-refractivity contribution in [2.45, 2.75) is 13.5 Å². The Morgan fingerprint density at radius 2 is 2.00 bits per heavy atom. The van der Waals surface area contributed by atoms with E-state index < -0.39 is 0 Å². The Morgan fingerprint density at radius 3 is 2.68 bits per heavy atom. The lowest BCUT2D eigenvalue weighted by Crippen LogP contribution is -2.04. The molecule has 0 aromatic heterocycles. The maximum absolute atomic E-state index is 11.0. The third-order valence-electron chi connectivity index (χ3n) is 2.85. The van der Waals surface area contributed by atoms with Gasteiger partial charge in [-0.25, -0.2) is 0 Å². The van der Waals surface area contributed by atoms with Crippen molar-refractivity contribution in [3.63, 3.8) is 0 Å². The number of nitrogens with one attached hydrogen (secondary N) is 1.